The Morgan fingerprint density at radius 3 is 2.79 bits per heavy atom. The molecule has 2 heterocycles. The molecule has 3 aromatic rings. The van der Waals surface area contributed by atoms with Gasteiger partial charge in [0, 0.05) is 17.5 Å². The van der Waals surface area contributed by atoms with Gasteiger partial charge in [-0.25, -0.2) is 4.98 Å². The third kappa shape index (κ3) is 5.61. The number of para-hydroxylation sites is 1. The van der Waals surface area contributed by atoms with Crippen molar-refractivity contribution >= 4 is 28.3 Å². The van der Waals surface area contributed by atoms with E-state index in [4.69, 9.17) is 4.42 Å². The second kappa shape index (κ2) is 9.28. The third-order valence-electron chi connectivity index (χ3n) is 3.88. The Kier molecular flexibility index (Phi) is 6.55. The van der Waals surface area contributed by atoms with E-state index in [1.54, 1.807) is 36.6 Å². The number of aromatic nitrogens is 1. The van der Waals surface area contributed by atoms with Crippen molar-refractivity contribution in [3.8, 4) is 5.75 Å². The highest BCUT2D eigenvalue weighted by atomic mass is 32.1. The molecule has 2 aromatic heterocycles. The van der Waals surface area contributed by atoms with Crippen LogP contribution in [0.4, 0.5) is 13.9 Å². The number of alkyl halides is 2. The minimum absolute atomic E-state index is 0.0102. The van der Waals surface area contributed by atoms with Gasteiger partial charge in [0.15, 0.2) is 5.13 Å². The lowest BCUT2D eigenvalue weighted by Crippen LogP contribution is -2.25. The molecule has 0 aliphatic carbocycles. The molecule has 0 radical (unpaired) electrons. The zero-order valence-electron chi connectivity index (χ0n) is 15.3. The first-order chi connectivity index (χ1) is 13.9. The van der Waals surface area contributed by atoms with Crippen LogP contribution in [0.25, 0.3) is 0 Å². The molecule has 3 rings (SSSR count). The predicted octanol–water partition coefficient (Wildman–Crippen LogP) is 3.76. The van der Waals surface area contributed by atoms with Gasteiger partial charge in [-0.15, -0.1) is 11.3 Å². The molecular formula is C19H17F2N3O4S. The van der Waals surface area contributed by atoms with Crippen molar-refractivity contribution in [2.75, 3.05) is 5.32 Å². The summed E-state index contributed by atoms with van der Waals surface area (Å²) in [5.41, 5.74) is 1.32. The first-order valence-corrected chi connectivity index (χ1v) is 9.39. The van der Waals surface area contributed by atoms with Gasteiger partial charge in [0.1, 0.15) is 11.5 Å². The second-order valence-corrected chi connectivity index (χ2v) is 6.79. The number of amides is 2. The number of halogens is 2. The average Bonchev–Trinajstić information content (AvgIpc) is 3.29. The number of nitrogens with zero attached hydrogens (tertiary/aromatic N) is 1. The van der Waals surface area contributed by atoms with E-state index in [0.29, 0.717) is 27.7 Å². The van der Waals surface area contributed by atoms with Crippen molar-refractivity contribution in [1.82, 2.24) is 10.3 Å². The number of furan rings is 1. The number of nitrogens with one attached hydrogen (secondary N) is 2. The Hall–Kier alpha value is -3.27. The summed E-state index contributed by atoms with van der Waals surface area (Å²) in [6, 6.07) is 7.79. The van der Waals surface area contributed by atoms with E-state index >= 15 is 0 Å². The van der Waals surface area contributed by atoms with Crippen LogP contribution >= 0.6 is 11.3 Å². The number of rotatable bonds is 8. The molecule has 0 fully saturated rings. The zero-order valence-corrected chi connectivity index (χ0v) is 16.1. The van der Waals surface area contributed by atoms with Gasteiger partial charge in [0.25, 0.3) is 5.91 Å². The maximum Gasteiger partial charge on any atom is 0.387 e. The molecule has 29 heavy (non-hydrogen) atoms. The minimum atomic E-state index is -2.94. The van der Waals surface area contributed by atoms with Crippen molar-refractivity contribution < 1.29 is 27.5 Å². The molecule has 0 aliphatic heterocycles. The summed E-state index contributed by atoms with van der Waals surface area (Å²) in [4.78, 5) is 28.5. The van der Waals surface area contributed by atoms with Gasteiger partial charge >= 0.3 is 6.61 Å². The molecule has 152 valence electrons. The van der Waals surface area contributed by atoms with Crippen LogP contribution in [0.2, 0.25) is 0 Å². The van der Waals surface area contributed by atoms with Crippen LogP contribution in [-0.4, -0.2) is 23.4 Å². The van der Waals surface area contributed by atoms with E-state index in [0.717, 1.165) is 0 Å². The Morgan fingerprint density at radius 1 is 1.28 bits per heavy atom. The molecule has 0 spiro atoms. The lowest BCUT2D eigenvalue weighted by Gasteiger charge is -2.11. The van der Waals surface area contributed by atoms with Crippen LogP contribution in [0.5, 0.6) is 5.75 Å². The average molecular weight is 421 g/mol. The number of ether oxygens (including phenoxy) is 1. The van der Waals surface area contributed by atoms with Gasteiger partial charge in [-0.05, 0) is 19.1 Å². The summed E-state index contributed by atoms with van der Waals surface area (Å²) >= 11 is 1.19. The fourth-order valence-corrected chi connectivity index (χ4v) is 3.22. The second-order valence-electron chi connectivity index (χ2n) is 5.93. The van der Waals surface area contributed by atoms with Crippen molar-refractivity contribution in [2.45, 2.75) is 26.5 Å². The number of benzene rings is 1. The molecule has 0 aliphatic rings. The molecule has 0 unspecified atom stereocenters. The predicted molar refractivity (Wildman–Crippen MR) is 102 cm³/mol. The largest absolute Gasteiger partial charge is 0.469 e. The summed E-state index contributed by atoms with van der Waals surface area (Å²) in [7, 11) is 0. The van der Waals surface area contributed by atoms with E-state index in [9.17, 15) is 18.4 Å². The Bertz CT molecular complexity index is 1000. The number of carbonyl (C=O) groups is 2. The first kappa shape index (κ1) is 20.5. The number of aryl methyl sites for hydroxylation is 1. The van der Waals surface area contributed by atoms with Gasteiger partial charge in [0.2, 0.25) is 5.91 Å². The molecular weight excluding hydrogens is 404 g/mol. The van der Waals surface area contributed by atoms with Crippen LogP contribution in [0.3, 0.4) is 0 Å². The standard InChI is InChI=1S/C19H17F2N3O4S/c1-11-14(6-7-27-11)17(26)24-19-23-13(10-29-19)8-16(25)22-9-12-4-2-3-5-15(12)28-18(20)21/h2-7,10,18H,8-9H2,1H3,(H,22,25)(H,23,24,26). The Labute approximate surface area is 168 Å². The first-order valence-electron chi connectivity index (χ1n) is 8.51. The zero-order chi connectivity index (χ0) is 20.8. The smallest absolute Gasteiger partial charge is 0.387 e. The fourth-order valence-electron chi connectivity index (χ4n) is 2.51. The van der Waals surface area contributed by atoms with Gasteiger partial charge in [0.05, 0.1) is 23.9 Å². The van der Waals surface area contributed by atoms with Crippen molar-refractivity contribution in [1.29, 1.82) is 0 Å². The highest BCUT2D eigenvalue weighted by molar-refractivity contribution is 7.14. The van der Waals surface area contributed by atoms with Crippen molar-refractivity contribution in [3.63, 3.8) is 0 Å². The topological polar surface area (TPSA) is 93.5 Å². The SMILES string of the molecule is Cc1occc1C(=O)Nc1nc(CC(=O)NCc2ccccc2OC(F)F)cs1. The number of hydrogen-bond donors (Lipinski definition) is 2. The molecule has 0 atom stereocenters. The van der Waals surface area contributed by atoms with Crippen LogP contribution in [0.1, 0.15) is 27.4 Å². The van der Waals surface area contributed by atoms with Gasteiger partial charge in [-0.3, -0.25) is 14.9 Å². The quantitative estimate of drug-likeness (QED) is 0.578. The lowest BCUT2D eigenvalue weighted by molar-refractivity contribution is -0.120. The molecule has 10 heteroatoms. The monoisotopic (exact) mass is 421 g/mol. The van der Waals surface area contributed by atoms with Gasteiger partial charge in [-0.1, -0.05) is 18.2 Å². The maximum absolute atomic E-state index is 12.4. The van der Waals surface area contributed by atoms with E-state index in [1.807, 2.05) is 0 Å². The van der Waals surface area contributed by atoms with Gasteiger partial charge < -0.3 is 14.5 Å². The summed E-state index contributed by atoms with van der Waals surface area (Å²) in [6.45, 7) is -1.23. The number of carbonyl (C=O) groups excluding carboxylic acids is 2. The van der Waals surface area contributed by atoms with Crippen LogP contribution in [0.15, 0.2) is 46.4 Å². The number of anilines is 1. The molecule has 0 saturated heterocycles. The van der Waals surface area contributed by atoms with E-state index in [2.05, 4.69) is 20.4 Å². The summed E-state index contributed by atoms with van der Waals surface area (Å²) in [6.07, 6.45) is 1.40. The van der Waals surface area contributed by atoms with E-state index in [1.165, 1.54) is 23.7 Å². The number of hydrogen-bond acceptors (Lipinski definition) is 6. The molecule has 0 bridgehead atoms. The van der Waals surface area contributed by atoms with Crippen LogP contribution in [-0.2, 0) is 17.8 Å². The van der Waals surface area contributed by atoms with Crippen molar-refractivity contribution in [3.05, 3.63) is 64.6 Å². The minimum Gasteiger partial charge on any atom is -0.469 e. The molecule has 1 aromatic carbocycles. The van der Waals surface area contributed by atoms with Crippen LogP contribution < -0.4 is 15.4 Å². The maximum atomic E-state index is 12.4. The normalized spacial score (nSPS) is 10.8. The summed E-state index contributed by atoms with van der Waals surface area (Å²) < 4.78 is 34.4. The highest BCUT2D eigenvalue weighted by Crippen LogP contribution is 2.21. The number of thiazole rings is 1. The van der Waals surface area contributed by atoms with Crippen molar-refractivity contribution in [2.24, 2.45) is 0 Å². The van der Waals surface area contributed by atoms with E-state index < -0.39 is 6.61 Å². The lowest BCUT2D eigenvalue weighted by atomic mass is 10.2. The molecule has 0 saturated carbocycles. The summed E-state index contributed by atoms with van der Waals surface area (Å²) in [5, 5.41) is 7.31. The highest BCUT2D eigenvalue weighted by Gasteiger charge is 2.15. The van der Waals surface area contributed by atoms with Gasteiger partial charge in [-0.2, -0.15) is 8.78 Å². The molecule has 2 amide bonds. The Morgan fingerprint density at radius 2 is 2.07 bits per heavy atom. The fraction of sp³-hybridized carbons (Fsp3) is 0.211. The molecule has 2 N–H and O–H groups in total. The summed E-state index contributed by atoms with van der Waals surface area (Å²) in [5.74, 6) is -0.186. The molecule has 7 nitrogen and oxygen atoms in total. The third-order valence-corrected chi connectivity index (χ3v) is 4.69. The Balaban J connectivity index is 1.53. The van der Waals surface area contributed by atoms with E-state index in [-0.39, 0.29) is 30.5 Å². The van der Waals surface area contributed by atoms with Crippen LogP contribution in [0, 0.1) is 6.92 Å².